The molecule has 33 heavy (non-hydrogen) atoms. The van der Waals surface area contributed by atoms with E-state index in [2.05, 4.69) is 10.6 Å². The molecule has 1 saturated heterocycles. The molecule has 0 unspecified atom stereocenters. The van der Waals surface area contributed by atoms with Gasteiger partial charge in [0.25, 0.3) is 0 Å². The fourth-order valence-electron chi connectivity index (χ4n) is 3.68. The SMILES string of the molecule is CCOC(=O)C1=C(COC(=O)c2cc(S(=O)(=O)N3CCCCC3)ccc2Cl)NC(=O)N[C@H]1C. The topological polar surface area (TPSA) is 131 Å². The second-order valence-corrected chi connectivity index (χ2v) is 9.96. The molecular formula is C21H26ClN3O7S. The first-order chi connectivity index (χ1) is 15.6. The van der Waals surface area contributed by atoms with Crippen LogP contribution in [0.4, 0.5) is 4.79 Å². The number of ether oxygens (including phenoxy) is 2. The van der Waals surface area contributed by atoms with Gasteiger partial charge < -0.3 is 20.1 Å². The van der Waals surface area contributed by atoms with Crippen LogP contribution >= 0.6 is 11.6 Å². The number of hydrogen-bond donors (Lipinski definition) is 2. The van der Waals surface area contributed by atoms with Crippen LogP contribution in [0.5, 0.6) is 0 Å². The van der Waals surface area contributed by atoms with E-state index in [-0.39, 0.29) is 33.4 Å². The standard InChI is InChI=1S/C21H26ClN3O7S/c1-3-31-20(27)18-13(2)23-21(28)24-17(18)12-32-19(26)15-11-14(7-8-16(15)22)33(29,30)25-9-5-4-6-10-25/h7-8,11,13H,3-6,9-10,12H2,1-2H3,(H2,23,24,28)/t13-/m0/s1. The fourth-order valence-corrected chi connectivity index (χ4v) is 5.42. The van der Waals surface area contributed by atoms with E-state index in [0.29, 0.717) is 13.1 Å². The summed E-state index contributed by atoms with van der Waals surface area (Å²) in [6.45, 7) is 3.76. The first kappa shape index (κ1) is 25.0. The Kier molecular flexibility index (Phi) is 7.98. The van der Waals surface area contributed by atoms with E-state index >= 15 is 0 Å². The highest BCUT2D eigenvalue weighted by Gasteiger charge is 2.31. The van der Waals surface area contributed by atoms with Crippen molar-refractivity contribution in [2.24, 2.45) is 0 Å². The largest absolute Gasteiger partial charge is 0.463 e. The van der Waals surface area contributed by atoms with Gasteiger partial charge in [-0.2, -0.15) is 4.31 Å². The van der Waals surface area contributed by atoms with E-state index in [1.165, 1.54) is 22.5 Å². The van der Waals surface area contributed by atoms with Crippen molar-refractivity contribution in [1.82, 2.24) is 14.9 Å². The number of nitrogens with zero attached hydrogens (tertiary/aromatic N) is 1. The molecule has 0 spiro atoms. The molecule has 0 saturated carbocycles. The second kappa shape index (κ2) is 10.5. The number of hydrogen-bond acceptors (Lipinski definition) is 7. The van der Waals surface area contributed by atoms with Gasteiger partial charge in [-0.3, -0.25) is 0 Å². The summed E-state index contributed by atoms with van der Waals surface area (Å²) in [6, 6.07) is 2.63. The zero-order valence-corrected chi connectivity index (χ0v) is 19.9. The van der Waals surface area contributed by atoms with Crippen molar-refractivity contribution < 1.29 is 32.3 Å². The highest BCUT2D eigenvalue weighted by atomic mass is 35.5. The minimum absolute atomic E-state index is 0.0138. The maximum atomic E-state index is 12.9. The summed E-state index contributed by atoms with van der Waals surface area (Å²) in [4.78, 5) is 36.8. The second-order valence-electron chi connectivity index (χ2n) is 7.62. The molecule has 1 aromatic rings. The van der Waals surface area contributed by atoms with E-state index in [9.17, 15) is 22.8 Å². The van der Waals surface area contributed by atoms with Gasteiger partial charge in [0.15, 0.2) is 0 Å². The number of nitrogens with one attached hydrogen (secondary N) is 2. The number of benzene rings is 1. The van der Waals surface area contributed by atoms with Crippen molar-refractivity contribution in [1.29, 1.82) is 0 Å². The minimum atomic E-state index is -3.78. The van der Waals surface area contributed by atoms with Crippen molar-refractivity contribution in [3.05, 3.63) is 40.1 Å². The number of sulfonamides is 1. The number of amides is 2. The molecule has 0 aromatic heterocycles. The zero-order chi connectivity index (χ0) is 24.2. The Morgan fingerprint density at radius 2 is 1.85 bits per heavy atom. The van der Waals surface area contributed by atoms with Crippen molar-refractivity contribution in [2.45, 2.75) is 44.0 Å². The molecule has 1 aromatic carbocycles. The molecule has 180 valence electrons. The lowest BCUT2D eigenvalue weighted by molar-refractivity contribution is -0.139. The molecule has 10 nitrogen and oxygen atoms in total. The van der Waals surface area contributed by atoms with Gasteiger partial charge in [-0.05, 0) is 44.9 Å². The Labute approximate surface area is 197 Å². The molecule has 2 aliphatic heterocycles. The van der Waals surface area contributed by atoms with Crippen LogP contribution in [0.1, 0.15) is 43.5 Å². The predicted molar refractivity (Wildman–Crippen MR) is 119 cm³/mol. The van der Waals surface area contributed by atoms with Gasteiger partial charge >= 0.3 is 18.0 Å². The highest BCUT2D eigenvalue weighted by Crippen LogP contribution is 2.26. The van der Waals surface area contributed by atoms with Crippen LogP contribution in [0, 0.1) is 0 Å². The molecule has 3 rings (SSSR count). The van der Waals surface area contributed by atoms with Crippen molar-refractivity contribution in [3.8, 4) is 0 Å². The maximum absolute atomic E-state index is 12.9. The van der Waals surface area contributed by atoms with E-state index in [1.807, 2.05) is 0 Å². The molecule has 0 bridgehead atoms. The Morgan fingerprint density at radius 3 is 2.52 bits per heavy atom. The van der Waals surface area contributed by atoms with E-state index in [4.69, 9.17) is 21.1 Å². The van der Waals surface area contributed by atoms with Crippen LogP contribution < -0.4 is 10.6 Å². The van der Waals surface area contributed by atoms with Crippen molar-refractivity contribution in [3.63, 3.8) is 0 Å². The van der Waals surface area contributed by atoms with Gasteiger partial charge in [-0.25, -0.2) is 22.8 Å². The average molecular weight is 500 g/mol. The van der Waals surface area contributed by atoms with E-state index in [0.717, 1.165) is 19.3 Å². The quantitative estimate of drug-likeness (QED) is 0.550. The zero-order valence-electron chi connectivity index (χ0n) is 18.4. The molecule has 2 amide bonds. The predicted octanol–water partition coefficient (Wildman–Crippen LogP) is 2.19. The lowest BCUT2D eigenvalue weighted by Crippen LogP contribution is -2.50. The number of carbonyl (C=O) groups excluding carboxylic acids is 3. The number of halogens is 1. The van der Waals surface area contributed by atoms with Gasteiger partial charge in [-0.15, -0.1) is 0 Å². The summed E-state index contributed by atoms with van der Waals surface area (Å²) < 4.78 is 37.6. The van der Waals surface area contributed by atoms with Gasteiger partial charge in [0, 0.05) is 13.1 Å². The Morgan fingerprint density at radius 1 is 1.15 bits per heavy atom. The van der Waals surface area contributed by atoms with Gasteiger partial charge in [-0.1, -0.05) is 18.0 Å². The fraction of sp³-hybridized carbons (Fsp3) is 0.476. The van der Waals surface area contributed by atoms with Crippen molar-refractivity contribution >= 4 is 39.6 Å². The Bertz CT molecular complexity index is 1080. The third-order valence-corrected chi connectivity index (χ3v) is 7.55. The summed E-state index contributed by atoms with van der Waals surface area (Å²) in [5.41, 5.74) is 0.0596. The summed E-state index contributed by atoms with van der Waals surface area (Å²) in [5, 5.41) is 5.01. The number of urea groups is 1. The third kappa shape index (κ3) is 5.66. The molecule has 2 N–H and O–H groups in total. The molecule has 0 radical (unpaired) electrons. The molecule has 1 atom stereocenters. The average Bonchev–Trinajstić information content (AvgIpc) is 2.78. The van der Waals surface area contributed by atoms with Gasteiger partial charge in [0.05, 0.1) is 39.4 Å². The van der Waals surface area contributed by atoms with E-state index < -0.39 is 40.6 Å². The monoisotopic (exact) mass is 499 g/mol. The first-order valence-corrected chi connectivity index (χ1v) is 12.4. The van der Waals surface area contributed by atoms with Crippen LogP contribution in [-0.4, -0.2) is 63.0 Å². The minimum Gasteiger partial charge on any atom is -0.463 e. The van der Waals surface area contributed by atoms with Gasteiger partial charge in [0.1, 0.15) is 6.61 Å². The maximum Gasteiger partial charge on any atom is 0.340 e. The molecular weight excluding hydrogens is 474 g/mol. The number of rotatable bonds is 7. The number of esters is 2. The van der Waals surface area contributed by atoms with Crippen LogP contribution in [0.15, 0.2) is 34.4 Å². The van der Waals surface area contributed by atoms with Crippen LogP contribution in [0.3, 0.4) is 0 Å². The molecule has 2 heterocycles. The summed E-state index contributed by atoms with van der Waals surface area (Å²) >= 11 is 6.14. The molecule has 0 aliphatic carbocycles. The Balaban J connectivity index is 1.82. The lowest BCUT2D eigenvalue weighted by Gasteiger charge is -2.26. The smallest absolute Gasteiger partial charge is 0.340 e. The van der Waals surface area contributed by atoms with Crippen LogP contribution in [0.25, 0.3) is 0 Å². The van der Waals surface area contributed by atoms with Crippen LogP contribution in [0.2, 0.25) is 5.02 Å². The van der Waals surface area contributed by atoms with Crippen LogP contribution in [-0.2, 0) is 24.3 Å². The van der Waals surface area contributed by atoms with Gasteiger partial charge in [0.2, 0.25) is 10.0 Å². The lowest BCUT2D eigenvalue weighted by atomic mass is 10.0. The Hall–Kier alpha value is -2.63. The van der Waals surface area contributed by atoms with E-state index in [1.54, 1.807) is 13.8 Å². The first-order valence-electron chi connectivity index (χ1n) is 10.6. The summed E-state index contributed by atoms with van der Waals surface area (Å²) in [5.74, 6) is -1.55. The highest BCUT2D eigenvalue weighted by molar-refractivity contribution is 7.89. The summed E-state index contributed by atoms with van der Waals surface area (Å²) in [7, 11) is -3.78. The molecule has 1 fully saturated rings. The summed E-state index contributed by atoms with van der Waals surface area (Å²) in [6.07, 6.45) is 2.52. The molecule has 2 aliphatic rings. The molecule has 12 heteroatoms. The van der Waals surface area contributed by atoms with Crippen molar-refractivity contribution in [2.75, 3.05) is 26.3 Å². The number of carbonyl (C=O) groups is 3. The normalized spacial score (nSPS) is 19.5. The third-order valence-electron chi connectivity index (χ3n) is 5.32. The number of piperidine rings is 1.